The largest absolute Gasteiger partial charge is 0.433 e. The quantitative estimate of drug-likeness (QED) is 0.678. The lowest BCUT2D eigenvalue weighted by molar-refractivity contribution is -0.124. The van der Waals surface area contributed by atoms with Gasteiger partial charge >= 0.3 is 6.61 Å². The molecule has 1 aliphatic rings. The van der Waals surface area contributed by atoms with E-state index in [2.05, 4.69) is 15.0 Å². The third-order valence-corrected chi connectivity index (χ3v) is 5.46. The zero-order valence-electron chi connectivity index (χ0n) is 17.6. The first-order valence-corrected chi connectivity index (χ1v) is 10.0. The molecule has 0 aliphatic heterocycles. The highest BCUT2D eigenvalue weighted by Crippen LogP contribution is 2.37. The molecule has 1 fully saturated rings. The topological polar surface area (TPSA) is 85.4 Å². The number of carbonyl (C=O) groups excluding carboxylic acids is 3. The van der Waals surface area contributed by atoms with E-state index < -0.39 is 24.4 Å². The van der Waals surface area contributed by atoms with E-state index in [0.717, 1.165) is 28.5 Å². The molecule has 1 saturated carbocycles. The Hall–Kier alpha value is -3.16. The van der Waals surface area contributed by atoms with Gasteiger partial charge in [0.15, 0.2) is 5.78 Å². The first-order valence-electron chi connectivity index (χ1n) is 10.0. The third-order valence-electron chi connectivity index (χ3n) is 5.46. The normalized spacial score (nSPS) is 18.5. The number of carbonyl (C=O) groups is 3. The van der Waals surface area contributed by atoms with Crippen molar-refractivity contribution in [2.75, 3.05) is 6.54 Å². The molecule has 1 aromatic carbocycles. The molecule has 164 valence electrons. The molecule has 8 heteroatoms. The fourth-order valence-electron chi connectivity index (χ4n) is 4.19. The van der Waals surface area contributed by atoms with Gasteiger partial charge in [0.25, 0.3) is 5.91 Å². The maximum Gasteiger partial charge on any atom is 0.387 e. The number of nitrogens with one attached hydrogen (secondary N) is 1. The van der Waals surface area contributed by atoms with Crippen LogP contribution >= 0.6 is 0 Å². The van der Waals surface area contributed by atoms with Gasteiger partial charge in [-0.1, -0.05) is 17.7 Å². The van der Waals surface area contributed by atoms with Crippen molar-refractivity contribution in [1.29, 1.82) is 0 Å². The summed E-state index contributed by atoms with van der Waals surface area (Å²) in [5.41, 5.74) is 3.78. The number of rotatable bonds is 7. The Bertz CT molecular complexity index is 982. The van der Waals surface area contributed by atoms with E-state index in [9.17, 15) is 23.2 Å². The van der Waals surface area contributed by atoms with Gasteiger partial charge < -0.3 is 10.1 Å². The van der Waals surface area contributed by atoms with Gasteiger partial charge in [0, 0.05) is 18.9 Å². The Kier molecular flexibility index (Phi) is 6.77. The minimum atomic E-state index is -2.97. The van der Waals surface area contributed by atoms with Crippen LogP contribution in [0.2, 0.25) is 0 Å². The number of benzene rings is 1. The number of hydrogen-bond donors (Lipinski definition) is 1. The molecule has 0 radical (unpaired) electrons. The molecule has 1 amide bonds. The van der Waals surface area contributed by atoms with Crippen LogP contribution in [-0.4, -0.2) is 35.6 Å². The lowest BCUT2D eigenvalue weighted by Crippen LogP contribution is -2.28. The van der Waals surface area contributed by atoms with E-state index in [0.29, 0.717) is 6.42 Å². The van der Waals surface area contributed by atoms with E-state index >= 15 is 0 Å². The molecule has 2 aromatic rings. The van der Waals surface area contributed by atoms with Crippen molar-refractivity contribution in [3.8, 4) is 5.75 Å². The van der Waals surface area contributed by atoms with Crippen LogP contribution in [0.3, 0.4) is 0 Å². The number of pyridine rings is 1. The number of nitrogens with zero attached hydrogens (tertiary/aromatic N) is 1. The van der Waals surface area contributed by atoms with Gasteiger partial charge in [-0.05, 0) is 56.0 Å². The predicted molar refractivity (Wildman–Crippen MR) is 109 cm³/mol. The molecule has 1 N–H and O–H groups in total. The maximum atomic E-state index is 13.0. The molecule has 3 rings (SSSR count). The Balaban J connectivity index is 1.59. The van der Waals surface area contributed by atoms with Crippen molar-refractivity contribution in [3.63, 3.8) is 0 Å². The van der Waals surface area contributed by atoms with Gasteiger partial charge in [0.2, 0.25) is 0 Å². The van der Waals surface area contributed by atoms with Crippen molar-refractivity contribution in [3.05, 3.63) is 58.4 Å². The molecule has 2 atom stereocenters. The minimum Gasteiger partial charge on any atom is -0.433 e. The lowest BCUT2D eigenvalue weighted by Gasteiger charge is -2.16. The zero-order valence-corrected chi connectivity index (χ0v) is 17.6. The van der Waals surface area contributed by atoms with Crippen molar-refractivity contribution in [1.82, 2.24) is 10.3 Å². The van der Waals surface area contributed by atoms with Gasteiger partial charge in [-0.25, -0.2) is 4.98 Å². The third kappa shape index (κ3) is 5.13. The molecule has 0 saturated heterocycles. The summed E-state index contributed by atoms with van der Waals surface area (Å²) in [5.74, 6) is -2.04. The summed E-state index contributed by atoms with van der Waals surface area (Å²) in [7, 11) is 0. The molecule has 1 aliphatic carbocycles. The Morgan fingerprint density at radius 1 is 1.19 bits per heavy atom. The van der Waals surface area contributed by atoms with E-state index in [4.69, 9.17) is 0 Å². The molecule has 31 heavy (non-hydrogen) atoms. The summed E-state index contributed by atoms with van der Waals surface area (Å²) < 4.78 is 28.5. The van der Waals surface area contributed by atoms with Crippen LogP contribution in [0.1, 0.15) is 51.5 Å². The Labute approximate surface area is 179 Å². The number of aryl methyl sites for hydroxylation is 3. The number of amides is 1. The fraction of sp³-hybridized carbons (Fsp3) is 0.391. The zero-order chi connectivity index (χ0) is 22.7. The average molecular weight is 430 g/mol. The van der Waals surface area contributed by atoms with Crippen molar-refractivity contribution in [2.45, 2.75) is 46.1 Å². The molecule has 2 unspecified atom stereocenters. The monoisotopic (exact) mass is 430 g/mol. The van der Waals surface area contributed by atoms with Gasteiger partial charge in [0.1, 0.15) is 23.1 Å². The van der Waals surface area contributed by atoms with Crippen LogP contribution in [0.15, 0.2) is 30.5 Å². The van der Waals surface area contributed by atoms with Gasteiger partial charge in [-0.3, -0.25) is 14.4 Å². The predicted octanol–water partition coefficient (Wildman–Crippen LogP) is 3.67. The van der Waals surface area contributed by atoms with Gasteiger partial charge in [0.05, 0.1) is 6.20 Å². The summed E-state index contributed by atoms with van der Waals surface area (Å²) >= 11 is 0. The SMILES string of the molecule is Cc1cc(C)c(C2C(=O)CC(CCNC(=O)c3ccc(OC(F)F)cn3)C2=O)c(C)c1. The van der Waals surface area contributed by atoms with Crippen LogP contribution in [0.25, 0.3) is 0 Å². The summed E-state index contributed by atoms with van der Waals surface area (Å²) in [5, 5.41) is 2.65. The summed E-state index contributed by atoms with van der Waals surface area (Å²) in [4.78, 5) is 41.6. The molecular formula is C23H24F2N2O4. The highest BCUT2D eigenvalue weighted by molar-refractivity contribution is 6.15. The number of ketones is 2. The number of ether oxygens (including phenoxy) is 1. The molecule has 0 spiro atoms. The molecule has 6 nitrogen and oxygen atoms in total. The number of halogens is 2. The van der Waals surface area contributed by atoms with E-state index in [-0.39, 0.29) is 36.0 Å². The molecule has 1 heterocycles. The standard InChI is InChI=1S/C23H24F2N2O4/c1-12-8-13(2)19(14(3)9-12)20-18(28)10-15(21(20)29)6-7-26-22(30)17-5-4-16(11-27-17)31-23(24)25/h4-5,8-9,11,15,20,23H,6-7,10H2,1-3H3,(H,26,30). The first kappa shape index (κ1) is 22.5. The fourth-order valence-corrected chi connectivity index (χ4v) is 4.19. The lowest BCUT2D eigenvalue weighted by atomic mass is 9.86. The number of aromatic nitrogens is 1. The maximum absolute atomic E-state index is 13.0. The Morgan fingerprint density at radius 3 is 2.45 bits per heavy atom. The summed E-state index contributed by atoms with van der Waals surface area (Å²) in [6, 6.07) is 6.45. The van der Waals surface area contributed by atoms with Crippen molar-refractivity contribution in [2.24, 2.45) is 5.92 Å². The average Bonchev–Trinajstić information content (AvgIpc) is 2.95. The second-order valence-electron chi connectivity index (χ2n) is 7.82. The molecule has 1 aromatic heterocycles. The summed E-state index contributed by atoms with van der Waals surface area (Å²) in [6.07, 6.45) is 1.53. The van der Waals surface area contributed by atoms with Gasteiger partial charge in [-0.2, -0.15) is 8.78 Å². The second-order valence-corrected chi connectivity index (χ2v) is 7.82. The first-order chi connectivity index (χ1) is 14.7. The van der Waals surface area contributed by atoms with Crippen LogP contribution in [-0.2, 0) is 9.59 Å². The van der Waals surface area contributed by atoms with E-state index in [1.807, 2.05) is 32.9 Å². The second kappa shape index (κ2) is 9.32. The summed E-state index contributed by atoms with van der Waals surface area (Å²) in [6.45, 7) is 3.02. The van der Waals surface area contributed by atoms with Crippen molar-refractivity contribution < 1.29 is 27.9 Å². The van der Waals surface area contributed by atoms with Crippen LogP contribution < -0.4 is 10.1 Å². The van der Waals surface area contributed by atoms with E-state index in [1.165, 1.54) is 12.1 Å². The Morgan fingerprint density at radius 2 is 1.87 bits per heavy atom. The highest BCUT2D eigenvalue weighted by Gasteiger charge is 2.42. The van der Waals surface area contributed by atoms with Crippen LogP contribution in [0.4, 0.5) is 8.78 Å². The molecular weight excluding hydrogens is 406 g/mol. The number of alkyl halides is 2. The van der Waals surface area contributed by atoms with Gasteiger partial charge in [-0.15, -0.1) is 0 Å². The number of Topliss-reactive ketones (excluding diaryl/α,β-unsaturated/α-hetero) is 2. The minimum absolute atomic E-state index is 0.0409. The smallest absolute Gasteiger partial charge is 0.387 e. The highest BCUT2D eigenvalue weighted by atomic mass is 19.3. The van der Waals surface area contributed by atoms with E-state index in [1.54, 1.807) is 0 Å². The van der Waals surface area contributed by atoms with Crippen LogP contribution in [0.5, 0.6) is 5.75 Å². The van der Waals surface area contributed by atoms with Crippen LogP contribution in [0, 0.1) is 26.7 Å². The molecule has 0 bridgehead atoms. The van der Waals surface area contributed by atoms with Crippen molar-refractivity contribution >= 4 is 17.5 Å². The number of hydrogen-bond acceptors (Lipinski definition) is 5.